The second-order valence-corrected chi connectivity index (χ2v) is 14.2. The van der Waals surface area contributed by atoms with Gasteiger partial charge in [0.15, 0.2) is 0 Å². The Balaban J connectivity index is 1.38. The van der Waals surface area contributed by atoms with Crippen LogP contribution in [0.5, 0.6) is 0 Å². The highest BCUT2D eigenvalue weighted by atomic mass is 32.2. The van der Waals surface area contributed by atoms with Gasteiger partial charge in [0.25, 0.3) is 0 Å². The van der Waals surface area contributed by atoms with E-state index < -0.39 is 21.9 Å². The number of sulfone groups is 1. The average molecular weight is 543 g/mol. The van der Waals surface area contributed by atoms with Gasteiger partial charge in [0, 0.05) is 42.5 Å². The van der Waals surface area contributed by atoms with Crippen molar-refractivity contribution in [2.45, 2.75) is 75.5 Å². The van der Waals surface area contributed by atoms with E-state index in [-0.39, 0.29) is 17.7 Å². The van der Waals surface area contributed by atoms with Crippen LogP contribution < -0.4 is 22.1 Å². The van der Waals surface area contributed by atoms with Crippen LogP contribution in [-0.4, -0.2) is 64.5 Å². The van der Waals surface area contributed by atoms with Crippen LogP contribution in [0.3, 0.4) is 0 Å². The number of pyridine rings is 1. The minimum Gasteiger partial charge on any atom is -0.365 e. The van der Waals surface area contributed by atoms with Gasteiger partial charge in [-0.3, -0.25) is 4.98 Å². The molecule has 0 aromatic carbocycles. The number of aromatic nitrogens is 4. The molecule has 3 saturated carbocycles. The molecule has 198 valence electrons. The fourth-order valence-corrected chi connectivity index (χ4v) is 7.70. The molecule has 3 aromatic rings. The average Bonchev–Trinajstić information content (AvgIpc) is 3.51. The summed E-state index contributed by atoms with van der Waals surface area (Å²) in [5.41, 5.74) is 16.6. The Morgan fingerprint density at radius 1 is 1.08 bits per heavy atom. The van der Waals surface area contributed by atoms with Crippen molar-refractivity contribution in [2.24, 2.45) is 17.4 Å². The second kappa shape index (κ2) is 9.40. The van der Waals surface area contributed by atoms with Crippen LogP contribution in [0.4, 0.5) is 11.8 Å². The number of rotatable bonds is 8. The van der Waals surface area contributed by atoms with Gasteiger partial charge in [-0.2, -0.15) is 4.98 Å². The minimum absolute atomic E-state index is 0.0268. The smallest absolute Gasteiger partial charge is 0.225 e. The summed E-state index contributed by atoms with van der Waals surface area (Å²) >= 11 is 1.61. The Hall–Kier alpha value is -2.41. The van der Waals surface area contributed by atoms with E-state index in [4.69, 9.17) is 26.4 Å². The molecule has 0 spiro atoms. The van der Waals surface area contributed by atoms with Gasteiger partial charge in [0.05, 0.1) is 27.4 Å². The van der Waals surface area contributed by atoms with E-state index in [1.54, 1.807) is 11.3 Å². The second-order valence-electron chi connectivity index (χ2n) is 11.0. The van der Waals surface area contributed by atoms with Crippen molar-refractivity contribution in [3.05, 3.63) is 23.7 Å². The van der Waals surface area contributed by atoms with Crippen molar-refractivity contribution < 1.29 is 8.42 Å². The molecule has 3 aromatic heterocycles. The molecule has 12 heteroatoms. The lowest BCUT2D eigenvalue weighted by molar-refractivity contribution is 0.443. The number of hydrogen-bond donors (Lipinski definition) is 4. The number of nitrogens with one attached hydrogen (secondary N) is 2. The maximum atomic E-state index is 12.0. The molecule has 0 radical (unpaired) electrons. The fraction of sp³-hybridized carbons (Fsp3) is 0.600. The van der Waals surface area contributed by atoms with Gasteiger partial charge in [0.1, 0.15) is 26.2 Å². The number of hydrogen-bond acceptors (Lipinski definition) is 11. The van der Waals surface area contributed by atoms with E-state index in [9.17, 15) is 8.42 Å². The Bertz CT molecular complexity index is 1430. The summed E-state index contributed by atoms with van der Waals surface area (Å²) in [5, 5.41) is 7.84. The van der Waals surface area contributed by atoms with Gasteiger partial charge >= 0.3 is 0 Å². The molecular formula is C25H34N8O2S2. The molecule has 3 aliphatic carbocycles. The Kier molecular flexibility index (Phi) is 6.33. The van der Waals surface area contributed by atoms with E-state index in [0.29, 0.717) is 30.1 Å². The predicted molar refractivity (Wildman–Crippen MR) is 148 cm³/mol. The third kappa shape index (κ3) is 5.04. The van der Waals surface area contributed by atoms with E-state index in [1.807, 2.05) is 19.2 Å². The maximum absolute atomic E-state index is 12.0. The van der Waals surface area contributed by atoms with E-state index in [2.05, 4.69) is 15.6 Å². The fourth-order valence-electron chi connectivity index (χ4n) is 5.49. The number of nitrogens with zero attached hydrogens (tertiary/aromatic N) is 4. The predicted octanol–water partition coefficient (Wildman–Crippen LogP) is 2.80. The molecule has 3 aliphatic rings. The summed E-state index contributed by atoms with van der Waals surface area (Å²) in [4.78, 5) is 19.4. The molecule has 0 unspecified atom stereocenters. The number of aryl methyl sites for hydroxylation is 1. The lowest BCUT2D eigenvalue weighted by Gasteiger charge is -2.27. The van der Waals surface area contributed by atoms with Crippen LogP contribution in [0, 0.1) is 12.8 Å². The third-order valence-corrected chi connectivity index (χ3v) is 9.96. The quantitative estimate of drug-likeness (QED) is 0.333. The van der Waals surface area contributed by atoms with Crippen LogP contribution in [0.1, 0.15) is 55.8 Å². The van der Waals surface area contributed by atoms with E-state index in [0.717, 1.165) is 57.9 Å². The van der Waals surface area contributed by atoms with Crippen molar-refractivity contribution in [2.75, 3.05) is 22.6 Å². The van der Waals surface area contributed by atoms with E-state index >= 15 is 0 Å². The first-order chi connectivity index (χ1) is 17.7. The molecule has 6 rings (SSSR count). The summed E-state index contributed by atoms with van der Waals surface area (Å²) in [6.07, 6.45) is 9.40. The molecule has 0 saturated heterocycles. The van der Waals surface area contributed by atoms with E-state index in [1.165, 1.54) is 12.7 Å². The molecule has 3 fully saturated rings. The molecule has 0 bridgehead atoms. The largest absolute Gasteiger partial charge is 0.365 e. The zero-order valence-corrected chi connectivity index (χ0v) is 22.8. The van der Waals surface area contributed by atoms with Crippen LogP contribution in [0.2, 0.25) is 0 Å². The third-order valence-electron chi connectivity index (χ3n) is 7.89. The topological polar surface area (TPSA) is 162 Å². The van der Waals surface area contributed by atoms with Crippen LogP contribution >= 0.6 is 11.3 Å². The van der Waals surface area contributed by atoms with Gasteiger partial charge in [0.2, 0.25) is 5.95 Å². The van der Waals surface area contributed by atoms with Crippen molar-refractivity contribution in [3.63, 3.8) is 0 Å². The van der Waals surface area contributed by atoms with Crippen molar-refractivity contribution >= 4 is 43.2 Å². The number of fused-ring (bicyclic) bond motifs is 1. The zero-order chi connectivity index (χ0) is 25.9. The lowest BCUT2D eigenvalue weighted by atomic mass is 9.93. The first-order valence-electron chi connectivity index (χ1n) is 13.0. The van der Waals surface area contributed by atoms with Crippen molar-refractivity contribution in [1.82, 2.24) is 19.9 Å². The van der Waals surface area contributed by atoms with Crippen LogP contribution in [0.25, 0.3) is 20.8 Å². The monoisotopic (exact) mass is 542 g/mol. The summed E-state index contributed by atoms with van der Waals surface area (Å²) in [7, 11) is -3.17. The summed E-state index contributed by atoms with van der Waals surface area (Å²) < 4.78 is 25.1. The van der Waals surface area contributed by atoms with Gasteiger partial charge in [-0.25, -0.2) is 18.4 Å². The Morgan fingerprint density at radius 3 is 2.54 bits per heavy atom. The molecule has 4 atom stereocenters. The summed E-state index contributed by atoms with van der Waals surface area (Å²) in [6.45, 7) is 1.98. The van der Waals surface area contributed by atoms with Crippen molar-refractivity contribution in [3.8, 4) is 10.6 Å². The van der Waals surface area contributed by atoms with Crippen LogP contribution in [-0.2, 0) is 9.84 Å². The van der Waals surface area contributed by atoms with Gasteiger partial charge < -0.3 is 22.1 Å². The van der Waals surface area contributed by atoms with Gasteiger partial charge in [-0.15, -0.1) is 11.3 Å². The maximum Gasteiger partial charge on any atom is 0.225 e. The normalized spacial score (nSPS) is 26.4. The first kappa shape index (κ1) is 24.9. The lowest BCUT2D eigenvalue weighted by Crippen LogP contribution is -2.48. The number of nitrogens with two attached hydrogens (primary N) is 2. The zero-order valence-electron chi connectivity index (χ0n) is 21.1. The summed E-state index contributed by atoms with van der Waals surface area (Å²) in [5.74, 6) is 1.54. The van der Waals surface area contributed by atoms with Crippen molar-refractivity contribution in [1.29, 1.82) is 0 Å². The molecule has 6 N–H and O–H groups in total. The first-order valence-corrected chi connectivity index (χ1v) is 15.9. The van der Waals surface area contributed by atoms with Gasteiger partial charge in [-0.1, -0.05) is 0 Å². The number of anilines is 2. The SMILES string of the molecule is Cc1nc(NC2CCC2)nc(N[C@@H]2C[C@H](CS(C)(=O)=O)[C@@H](N)[C@H]2N)c1-c1nc2c(C3CC3)nccc2s1. The minimum atomic E-state index is -3.17. The highest BCUT2D eigenvalue weighted by molar-refractivity contribution is 7.90. The van der Waals surface area contributed by atoms with Gasteiger partial charge in [-0.05, 0) is 57.4 Å². The Labute approximate surface area is 221 Å². The molecule has 3 heterocycles. The van der Waals surface area contributed by atoms with Crippen LogP contribution in [0.15, 0.2) is 12.3 Å². The molecule has 37 heavy (non-hydrogen) atoms. The molecular weight excluding hydrogens is 508 g/mol. The Morgan fingerprint density at radius 2 is 1.86 bits per heavy atom. The highest BCUT2D eigenvalue weighted by Crippen LogP contribution is 2.44. The molecule has 0 amide bonds. The highest BCUT2D eigenvalue weighted by Gasteiger charge is 2.41. The molecule has 10 nitrogen and oxygen atoms in total. The molecule has 0 aliphatic heterocycles. The number of thiazole rings is 1. The summed E-state index contributed by atoms with van der Waals surface area (Å²) in [6, 6.07) is 1.36. The standard InChI is InChI=1S/C25H34N8O2S2/c1-12-18(24-32-22-17(36-24)8-9-28-21(22)13-6-7-13)23(33-25(29-12)30-15-4-3-5-15)31-16-10-14(11-37(2,34)35)19(26)20(16)27/h8-9,13-16,19-20H,3-7,10-11,26-27H2,1-2H3,(H2,29,30,31,33)/t14-,16-,19-,20+/m1/s1.